The quantitative estimate of drug-likeness (QED) is 0.184. The first-order valence-corrected chi connectivity index (χ1v) is 14.7. The van der Waals surface area contributed by atoms with Crippen LogP contribution >= 0.6 is 24.8 Å². The molecule has 0 bridgehead atoms. The third-order valence-electron chi connectivity index (χ3n) is 8.50. The second kappa shape index (κ2) is 16.2. The van der Waals surface area contributed by atoms with Crippen LogP contribution in [0.25, 0.3) is 0 Å². The SMILES string of the molecule is Cl.Cl.OC(CCCN1CCN(CCCC(O)(c2ccccc2)c2ccccc2)CC1)(c1ccccc1)c1ccccc1. The van der Waals surface area contributed by atoms with Gasteiger partial charge in [0.2, 0.25) is 0 Å². The highest BCUT2D eigenvalue weighted by Crippen LogP contribution is 2.35. The van der Waals surface area contributed by atoms with Gasteiger partial charge in [-0.25, -0.2) is 0 Å². The topological polar surface area (TPSA) is 46.9 Å². The van der Waals surface area contributed by atoms with Gasteiger partial charge < -0.3 is 20.0 Å². The molecule has 6 heteroatoms. The predicted octanol–water partition coefficient (Wildman–Crippen LogP) is 6.88. The Kier molecular flexibility index (Phi) is 13.1. The first-order valence-electron chi connectivity index (χ1n) is 14.7. The van der Waals surface area contributed by atoms with Crippen molar-refractivity contribution in [1.29, 1.82) is 0 Å². The molecule has 5 rings (SSSR count). The Morgan fingerprint density at radius 1 is 0.429 bits per heavy atom. The van der Waals surface area contributed by atoms with Gasteiger partial charge in [0, 0.05) is 26.2 Å². The number of rotatable bonds is 12. The monoisotopic (exact) mass is 606 g/mol. The Balaban J connectivity index is 0.00000242. The van der Waals surface area contributed by atoms with Crippen molar-refractivity contribution < 1.29 is 10.2 Å². The lowest BCUT2D eigenvalue weighted by Gasteiger charge is -2.36. The molecule has 1 aliphatic heterocycles. The normalized spacial score (nSPS) is 14.5. The lowest BCUT2D eigenvalue weighted by Crippen LogP contribution is -2.47. The molecule has 1 heterocycles. The average molecular weight is 608 g/mol. The van der Waals surface area contributed by atoms with Crippen LogP contribution < -0.4 is 0 Å². The van der Waals surface area contributed by atoms with Crippen molar-refractivity contribution in [2.75, 3.05) is 39.3 Å². The molecule has 0 aromatic heterocycles. The number of aliphatic hydroxyl groups is 2. The molecule has 1 aliphatic rings. The zero-order valence-corrected chi connectivity index (χ0v) is 25.9. The number of halogens is 2. The van der Waals surface area contributed by atoms with E-state index in [1.807, 2.05) is 121 Å². The highest BCUT2D eigenvalue weighted by Gasteiger charge is 2.32. The lowest BCUT2D eigenvalue weighted by molar-refractivity contribution is 0.0547. The summed E-state index contributed by atoms with van der Waals surface area (Å²) in [6, 6.07) is 40.3. The van der Waals surface area contributed by atoms with Crippen LogP contribution in [0.15, 0.2) is 121 Å². The molecule has 1 fully saturated rings. The number of nitrogens with zero attached hydrogens (tertiary/aromatic N) is 2. The third-order valence-corrected chi connectivity index (χ3v) is 8.50. The minimum Gasteiger partial charge on any atom is -0.380 e. The van der Waals surface area contributed by atoms with Gasteiger partial charge in [0.1, 0.15) is 11.2 Å². The summed E-state index contributed by atoms with van der Waals surface area (Å²) in [5.41, 5.74) is 1.88. The smallest absolute Gasteiger partial charge is 0.115 e. The van der Waals surface area contributed by atoms with Crippen LogP contribution in [0, 0.1) is 0 Å². The van der Waals surface area contributed by atoms with Gasteiger partial charge in [-0.15, -0.1) is 24.8 Å². The second-order valence-electron chi connectivity index (χ2n) is 11.1. The van der Waals surface area contributed by atoms with Crippen molar-refractivity contribution in [3.05, 3.63) is 144 Å². The van der Waals surface area contributed by atoms with E-state index in [0.29, 0.717) is 12.8 Å². The van der Waals surface area contributed by atoms with Crippen LogP contribution in [0.3, 0.4) is 0 Å². The Morgan fingerprint density at radius 3 is 0.905 bits per heavy atom. The van der Waals surface area contributed by atoms with Crippen molar-refractivity contribution in [3.63, 3.8) is 0 Å². The molecule has 0 atom stereocenters. The van der Waals surface area contributed by atoms with E-state index in [4.69, 9.17) is 0 Å². The molecule has 0 aliphatic carbocycles. The van der Waals surface area contributed by atoms with Crippen molar-refractivity contribution in [3.8, 4) is 0 Å². The lowest BCUT2D eigenvalue weighted by atomic mass is 9.82. The highest BCUT2D eigenvalue weighted by atomic mass is 35.5. The van der Waals surface area contributed by atoms with Gasteiger partial charge in [-0.3, -0.25) is 0 Å². The number of hydrogen-bond acceptors (Lipinski definition) is 4. The summed E-state index contributed by atoms with van der Waals surface area (Å²) in [4.78, 5) is 5.05. The molecule has 4 aromatic rings. The zero-order chi connectivity index (χ0) is 27.7. The maximum Gasteiger partial charge on any atom is 0.115 e. The minimum atomic E-state index is -0.974. The van der Waals surface area contributed by atoms with Crippen LogP contribution in [0.4, 0.5) is 0 Å². The first-order chi connectivity index (χ1) is 19.6. The fourth-order valence-electron chi connectivity index (χ4n) is 6.12. The Morgan fingerprint density at radius 2 is 0.667 bits per heavy atom. The van der Waals surface area contributed by atoms with Crippen molar-refractivity contribution in [2.24, 2.45) is 0 Å². The van der Waals surface area contributed by atoms with Crippen molar-refractivity contribution in [1.82, 2.24) is 9.80 Å². The molecular formula is C36H44Cl2N2O2. The van der Waals surface area contributed by atoms with Crippen molar-refractivity contribution in [2.45, 2.75) is 36.9 Å². The van der Waals surface area contributed by atoms with E-state index in [-0.39, 0.29) is 24.8 Å². The summed E-state index contributed by atoms with van der Waals surface area (Å²) in [7, 11) is 0. The Bertz CT molecular complexity index is 1100. The maximum absolute atomic E-state index is 11.8. The van der Waals surface area contributed by atoms with Gasteiger partial charge in [-0.1, -0.05) is 121 Å². The predicted molar refractivity (Wildman–Crippen MR) is 178 cm³/mol. The summed E-state index contributed by atoms with van der Waals surface area (Å²) in [6.45, 7) is 6.12. The molecule has 0 unspecified atom stereocenters. The molecule has 224 valence electrons. The summed E-state index contributed by atoms with van der Waals surface area (Å²) in [5.74, 6) is 0. The largest absolute Gasteiger partial charge is 0.380 e. The van der Waals surface area contributed by atoms with Gasteiger partial charge >= 0.3 is 0 Å². The molecule has 0 amide bonds. The van der Waals surface area contributed by atoms with E-state index in [2.05, 4.69) is 9.80 Å². The van der Waals surface area contributed by atoms with Gasteiger partial charge in [0.25, 0.3) is 0 Å². The van der Waals surface area contributed by atoms with Crippen LogP contribution in [0.2, 0.25) is 0 Å². The van der Waals surface area contributed by atoms with E-state index in [1.165, 1.54) is 0 Å². The number of hydrogen-bond donors (Lipinski definition) is 2. The fourth-order valence-corrected chi connectivity index (χ4v) is 6.12. The summed E-state index contributed by atoms with van der Waals surface area (Å²) < 4.78 is 0. The highest BCUT2D eigenvalue weighted by molar-refractivity contribution is 5.85. The maximum atomic E-state index is 11.8. The average Bonchev–Trinajstić information content (AvgIpc) is 3.03. The van der Waals surface area contributed by atoms with E-state index in [9.17, 15) is 10.2 Å². The molecule has 0 spiro atoms. The molecule has 4 aromatic carbocycles. The van der Waals surface area contributed by atoms with E-state index >= 15 is 0 Å². The Labute approximate surface area is 263 Å². The second-order valence-corrected chi connectivity index (χ2v) is 11.1. The number of benzene rings is 4. The first kappa shape index (κ1) is 33.8. The van der Waals surface area contributed by atoms with Crippen molar-refractivity contribution >= 4 is 24.8 Å². The molecule has 0 radical (unpaired) electrons. The van der Waals surface area contributed by atoms with Crippen LogP contribution in [0.1, 0.15) is 47.9 Å². The van der Waals surface area contributed by atoms with Crippen LogP contribution in [0.5, 0.6) is 0 Å². The molecule has 42 heavy (non-hydrogen) atoms. The van der Waals surface area contributed by atoms with Crippen LogP contribution in [-0.2, 0) is 11.2 Å². The number of piperazine rings is 1. The Hall–Kier alpha value is -2.70. The van der Waals surface area contributed by atoms with E-state index < -0.39 is 11.2 Å². The van der Waals surface area contributed by atoms with E-state index in [0.717, 1.165) is 74.4 Å². The molecular weight excluding hydrogens is 563 g/mol. The zero-order valence-electron chi connectivity index (χ0n) is 24.2. The fraction of sp³-hybridized carbons (Fsp3) is 0.333. The molecule has 4 nitrogen and oxygen atoms in total. The van der Waals surface area contributed by atoms with Gasteiger partial charge in [0.15, 0.2) is 0 Å². The molecule has 0 saturated carbocycles. The standard InChI is InChI=1S/C36H42N2O2.2ClH/c39-35(31-15-5-1-6-16-31,32-17-7-2-8-18-32)23-13-25-37-27-29-38(30-28-37)26-14-24-36(40,33-19-9-3-10-20-33)34-21-11-4-12-22-34;;/h1-12,15-22,39-40H,13-14,23-30H2;2*1H. The van der Waals surface area contributed by atoms with Crippen LogP contribution in [-0.4, -0.2) is 59.3 Å². The molecule has 2 N–H and O–H groups in total. The summed E-state index contributed by atoms with van der Waals surface area (Å²) in [6.07, 6.45) is 3.25. The summed E-state index contributed by atoms with van der Waals surface area (Å²) in [5, 5.41) is 23.6. The molecule has 1 saturated heterocycles. The van der Waals surface area contributed by atoms with E-state index in [1.54, 1.807) is 0 Å². The summed E-state index contributed by atoms with van der Waals surface area (Å²) >= 11 is 0. The van der Waals surface area contributed by atoms with Gasteiger partial charge in [-0.2, -0.15) is 0 Å². The van der Waals surface area contributed by atoms with Gasteiger partial charge in [-0.05, 0) is 61.0 Å². The minimum absolute atomic E-state index is 0. The third kappa shape index (κ3) is 8.23. The van der Waals surface area contributed by atoms with Gasteiger partial charge in [0.05, 0.1) is 0 Å².